The molecule has 1 unspecified atom stereocenters. The number of nitrogens with one attached hydrogen (secondary N) is 2. The van der Waals surface area contributed by atoms with Gasteiger partial charge in [-0.15, -0.1) is 11.3 Å². The highest BCUT2D eigenvalue weighted by Crippen LogP contribution is 2.24. The van der Waals surface area contributed by atoms with Crippen molar-refractivity contribution in [1.29, 1.82) is 0 Å². The molecule has 0 radical (unpaired) electrons. The number of amides is 1. The SMILES string of the molecule is Cc1ccc(C(CNC(=O)c2ccc(-c3cccs3)[nH]c2=O)N2CCOCC2)o1. The molecule has 0 spiro atoms. The number of rotatable bonds is 6. The number of hydrogen-bond donors (Lipinski definition) is 2. The fourth-order valence-electron chi connectivity index (χ4n) is 3.44. The third-order valence-corrected chi connectivity index (χ3v) is 5.88. The van der Waals surface area contributed by atoms with Crippen molar-refractivity contribution >= 4 is 17.2 Å². The maximum absolute atomic E-state index is 12.7. The van der Waals surface area contributed by atoms with Gasteiger partial charge in [0.05, 0.1) is 29.8 Å². The highest BCUT2D eigenvalue weighted by Gasteiger charge is 2.26. The van der Waals surface area contributed by atoms with Gasteiger partial charge in [0.15, 0.2) is 0 Å². The van der Waals surface area contributed by atoms with Gasteiger partial charge in [-0.1, -0.05) is 6.07 Å². The molecule has 2 N–H and O–H groups in total. The van der Waals surface area contributed by atoms with Crippen molar-refractivity contribution in [2.45, 2.75) is 13.0 Å². The van der Waals surface area contributed by atoms with Gasteiger partial charge in [-0.05, 0) is 42.6 Å². The second-order valence-corrected chi connectivity index (χ2v) is 7.86. The van der Waals surface area contributed by atoms with Gasteiger partial charge in [-0.2, -0.15) is 0 Å². The molecule has 0 aromatic carbocycles. The molecular formula is C21H23N3O4S. The molecule has 1 atom stereocenters. The molecule has 1 aliphatic rings. The maximum Gasteiger partial charge on any atom is 0.261 e. The Morgan fingerprint density at radius 1 is 1.24 bits per heavy atom. The van der Waals surface area contributed by atoms with Crippen LogP contribution < -0.4 is 10.9 Å². The van der Waals surface area contributed by atoms with Crippen LogP contribution >= 0.6 is 11.3 Å². The highest BCUT2D eigenvalue weighted by atomic mass is 32.1. The van der Waals surface area contributed by atoms with Gasteiger partial charge in [0.25, 0.3) is 11.5 Å². The van der Waals surface area contributed by atoms with E-state index in [1.54, 1.807) is 12.1 Å². The first-order valence-corrected chi connectivity index (χ1v) is 10.4. The summed E-state index contributed by atoms with van der Waals surface area (Å²) in [7, 11) is 0. The number of carbonyl (C=O) groups is 1. The number of furan rings is 1. The molecule has 152 valence electrons. The van der Waals surface area contributed by atoms with Gasteiger partial charge in [0, 0.05) is 19.6 Å². The molecule has 0 aliphatic carbocycles. The molecule has 4 heterocycles. The van der Waals surface area contributed by atoms with Crippen LogP contribution in [0.4, 0.5) is 0 Å². The molecule has 1 aliphatic heterocycles. The van der Waals surface area contributed by atoms with E-state index >= 15 is 0 Å². The molecule has 1 amide bonds. The first kappa shape index (κ1) is 19.6. The van der Waals surface area contributed by atoms with Gasteiger partial charge >= 0.3 is 0 Å². The number of thiophene rings is 1. The van der Waals surface area contributed by atoms with Crippen molar-refractivity contribution in [3.8, 4) is 10.6 Å². The van der Waals surface area contributed by atoms with Crippen molar-refractivity contribution in [3.63, 3.8) is 0 Å². The third-order valence-electron chi connectivity index (χ3n) is 4.97. The zero-order valence-corrected chi connectivity index (χ0v) is 17.0. The number of aromatic nitrogens is 1. The van der Waals surface area contributed by atoms with E-state index in [1.165, 1.54) is 11.3 Å². The standard InChI is InChI=1S/C21H23N3O4S/c1-14-4-7-18(28-14)17(24-8-10-27-11-9-24)13-22-20(25)15-5-6-16(23-21(15)26)19-3-2-12-29-19/h2-7,12,17H,8-11,13H2,1H3,(H,22,25)(H,23,26). The number of carbonyl (C=O) groups excluding carboxylic acids is 1. The van der Waals surface area contributed by atoms with E-state index in [0.717, 1.165) is 29.5 Å². The van der Waals surface area contributed by atoms with Crippen molar-refractivity contribution in [2.75, 3.05) is 32.8 Å². The lowest BCUT2D eigenvalue weighted by Gasteiger charge is -2.33. The molecule has 0 bridgehead atoms. The molecule has 0 saturated carbocycles. The Hall–Kier alpha value is -2.68. The highest BCUT2D eigenvalue weighted by molar-refractivity contribution is 7.13. The van der Waals surface area contributed by atoms with Crippen molar-refractivity contribution in [2.24, 2.45) is 0 Å². The summed E-state index contributed by atoms with van der Waals surface area (Å²) in [6, 6.07) is 10.9. The van der Waals surface area contributed by atoms with E-state index in [0.29, 0.717) is 25.5 Å². The number of aryl methyl sites for hydroxylation is 1. The smallest absolute Gasteiger partial charge is 0.261 e. The fourth-order valence-corrected chi connectivity index (χ4v) is 4.15. The van der Waals surface area contributed by atoms with Crippen LogP contribution in [-0.2, 0) is 4.74 Å². The van der Waals surface area contributed by atoms with E-state index in [2.05, 4.69) is 15.2 Å². The lowest BCUT2D eigenvalue weighted by atomic mass is 10.1. The minimum Gasteiger partial charge on any atom is -0.465 e. The Kier molecular flexibility index (Phi) is 5.94. The Morgan fingerprint density at radius 3 is 2.72 bits per heavy atom. The number of ether oxygens (including phenoxy) is 1. The fraction of sp³-hybridized carbons (Fsp3) is 0.333. The number of hydrogen-bond acceptors (Lipinski definition) is 6. The average Bonchev–Trinajstić information content (AvgIpc) is 3.41. The van der Waals surface area contributed by atoms with Crippen LogP contribution in [0, 0.1) is 6.92 Å². The summed E-state index contributed by atoms with van der Waals surface area (Å²) in [6.07, 6.45) is 0. The summed E-state index contributed by atoms with van der Waals surface area (Å²) in [5.41, 5.74) is 0.408. The van der Waals surface area contributed by atoms with Gasteiger partial charge in [-0.3, -0.25) is 14.5 Å². The predicted molar refractivity (Wildman–Crippen MR) is 111 cm³/mol. The number of H-pyrrole nitrogens is 1. The Labute approximate surface area is 172 Å². The van der Waals surface area contributed by atoms with Crippen LogP contribution in [0.1, 0.15) is 27.9 Å². The Bertz CT molecular complexity index is 1020. The largest absolute Gasteiger partial charge is 0.465 e. The van der Waals surface area contributed by atoms with Gasteiger partial charge in [-0.25, -0.2) is 0 Å². The summed E-state index contributed by atoms with van der Waals surface area (Å²) >= 11 is 1.53. The summed E-state index contributed by atoms with van der Waals surface area (Å²) in [4.78, 5) is 31.1. The van der Waals surface area contributed by atoms with E-state index in [1.807, 2.05) is 36.6 Å². The maximum atomic E-state index is 12.7. The van der Waals surface area contributed by atoms with Crippen molar-refractivity contribution < 1.29 is 13.9 Å². The van der Waals surface area contributed by atoms with Crippen LogP contribution in [0.2, 0.25) is 0 Å². The normalized spacial score (nSPS) is 15.9. The summed E-state index contributed by atoms with van der Waals surface area (Å²) in [5.74, 6) is 1.22. The first-order valence-electron chi connectivity index (χ1n) is 9.55. The Morgan fingerprint density at radius 2 is 2.07 bits per heavy atom. The lowest BCUT2D eigenvalue weighted by Crippen LogP contribution is -2.44. The van der Waals surface area contributed by atoms with Crippen LogP contribution in [0.5, 0.6) is 0 Å². The van der Waals surface area contributed by atoms with Gasteiger partial charge in [0.1, 0.15) is 17.1 Å². The lowest BCUT2D eigenvalue weighted by molar-refractivity contribution is 0.0117. The van der Waals surface area contributed by atoms with E-state index < -0.39 is 11.5 Å². The number of pyridine rings is 1. The second-order valence-electron chi connectivity index (χ2n) is 6.91. The summed E-state index contributed by atoms with van der Waals surface area (Å²) in [6.45, 7) is 5.06. The average molecular weight is 413 g/mol. The van der Waals surface area contributed by atoms with Crippen molar-refractivity contribution in [1.82, 2.24) is 15.2 Å². The number of aromatic amines is 1. The molecule has 3 aromatic rings. The number of nitrogens with zero attached hydrogens (tertiary/aromatic N) is 1. The predicted octanol–water partition coefficient (Wildman–Crippen LogP) is 2.81. The van der Waals surface area contributed by atoms with E-state index in [4.69, 9.17) is 9.15 Å². The van der Waals surface area contributed by atoms with Crippen LogP contribution in [0.15, 0.2) is 51.0 Å². The molecule has 8 heteroatoms. The molecular weight excluding hydrogens is 390 g/mol. The Balaban J connectivity index is 1.48. The monoisotopic (exact) mass is 413 g/mol. The van der Waals surface area contributed by atoms with Crippen molar-refractivity contribution in [3.05, 3.63) is 69.2 Å². The molecule has 29 heavy (non-hydrogen) atoms. The summed E-state index contributed by atoms with van der Waals surface area (Å²) < 4.78 is 11.3. The van der Waals surface area contributed by atoms with Crippen LogP contribution in [0.25, 0.3) is 10.6 Å². The van der Waals surface area contributed by atoms with E-state index in [-0.39, 0.29) is 11.6 Å². The second kappa shape index (κ2) is 8.77. The number of morpholine rings is 1. The third kappa shape index (κ3) is 4.50. The topological polar surface area (TPSA) is 87.6 Å². The molecule has 4 rings (SSSR count). The van der Waals surface area contributed by atoms with Gasteiger partial charge < -0.3 is 19.5 Å². The zero-order valence-electron chi connectivity index (χ0n) is 16.1. The first-order chi connectivity index (χ1) is 14.1. The molecule has 7 nitrogen and oxygen atoms in total. The molecule has 3 aromatic heterocycles. The quantitative estimate of drug-likeness (QED) is 0.649. The minimum absolute atomic E-state index is 0.0988. The molecule has 1 fully saturated rings. The van der Waals surface area contributed by atoms with E-state index in [9.17, 15) is 9.59 Å². The summed E-state index contributed by atoms with van der Waals surface area (Å²) in [5, 5.41) is 4.84. The van der Waals surface area contributed by atoms with Crippen LogP contribution in [0.3, 0.4) is 0 Å². The molecule has 1 saturated heterocycles. The minimum atomic E-state index is -0.398. The van der Waals surface area contributed by atoms with Crippen LogP contribution in [-0.4, -0.2) is 48.6 Å². The van der Waals surface area contributed by atoms with Gasteiger partial charge in [0.2, 0.25) is 0 Å². The zero-order chi connectivity index (χ0) is 20.2.